The fourth-order valence-electron chi connectivity index (χ4n) is 1.51. The van der Waals surface area contributed by atoms with Crippen LogP contribution in [0.15, 0.2) is 24.3 Å². The molecule has 1 fully saturated rings. The van der Waals surface area contributed by atoms with Crippen molar-refractivity contribution in [2.75, 3.05) is 7.11 Å². The molecular weight excluding hydrogens is 180 g/mol. The summed E-state index contributed by atoms with van der Waals surface area (Å²) in [6, 6.07) is 7.95. The number of hydrogen-bond acceptors (Lipinski definition) is 3. The standard InChI is InChI=1S/C11H12O3/c1-7-4-3-5-8(6-7)9-10(14-9)11(12)13-2/h3-6,9-10H,1-2H3/t9-,10+/m0/s1. The van der Waals surface area contributed by atoms with Gasteiger partial charge < -0.3 is 9.47 Å². The first-order chi connectivity index (χ1) is 6.72. The average Bonchev–Trinajstić information content (AvgIpc) is 2.96. The topological polar surface area (TPSA) is 38.8 Å². The molecule has 1 aliphatic rings. The zero-order chi connectivity index (χ0) is 10.1. The summed E-state index contributed by atoms with van der Waals surface area (Å²) in [7, 11) is 1.37. The van der Waals surface area contributed by atoms with Crippen LogP contribution in [-0.4, -0.2) is 19.2 Å². The van der Waals surface area contributed by atoms with E-state index in [4.69, 9.17) is 4.74 Å². The molecule has 3 nitrogen and oxygen atoms in total. The maximum atomic E-state index is 11.1. The molecule has 0 saturated carbocycles. The Balaban J connectivity index is 2.09. The molecule has 2 rings (SSSR count). The van der Waals surface area contributed by atoms with Gasteiger partial charge in [0.15, 0.2) is 6.10 Å². The van der Waals surface area contributed by atoms with Crippen molar-refractivity contribution in [3.63, 3.8) is 0 Å². The highest BCUT2D eigenvalue weighted by Crippen LogP contribution is 2.39. The third-order valence-electron chi connectivity index (χ3n) is 2.30. The monoisotopic (exact) mass is 192 g/mol. The first kappa shape index (κ1) is 9.21. The number of carbonyl (C=O) groups is 1. The van der Waals surface area contributed by atoms with Crippen LogP contribution in [0.2, 0.25) is 0 Å². The van der Waals surface area contributed by atoms with Gasteiger partial charge in [-0.1, -0.05) is 29.8 Å². The fraction of sp³-hybridized carbons (Fsp3) is 0.364. The summed E-state index contributed by atoms with van der Waals surface area (Å²) in [6.45, 7) is 2.01. The average molecular weight is 192 g/mol. The van der Waals surface area contributed by atoms with Gasteiger partial charge in [-0.25, -0.2) is 4.79 Å². The van der Waals surface area contributed by atoms with Crippen molar-refractivity contribution in [1.82, 2.24) is 0 Å². The lowest BCUT2D eigenvalue weighted by atomic mass is 10.1. The molecule has 1 heterocycles. The van der Waals surface area contributed by atoms with Crippen LogP contribution in [-0.2, 0) is 14.3 Å². The summed E-state index contributed by atoms with van der Waals surface area (Å²) in [6.07, 6.45) is -0.510. The third kappa shape index (κ3) is 1.63. The van der Waals surface area contributed by atoms with Crippen LogP contribution in [0.25, 0.3) is 0 Å². The number of hydrogen-bond donors (Lipinski definition) is 0. The van der Waals surface area contributed by atoms with Crippen LogP contribution in [0.1, 0.15) is 17.2 Å². The van der Waals surface area contributed by atoms with E-state index in [-0.39, 0.29) is 12.1 Å². The molecule has 3 heteroatoms. The Morgan fingerprint density at radius 3 is 2.93 bits per heavy atom. The van der Waals surface area contributed by atoms with Gasteiger partial charge in [0.25, 0.3) is 0 Å². The van der Waals surface area contributed by atoms with Gasteiger partial charge in [0, 0.05) is 0 Å². The van der Waals surface area contributed by atoms with E-state index >= 15 is 0 Å². The molecule has 0 aromatic heterocycles. The Morgan fingerprint density at radius 1 is 1.50 bits per heavy atom. The number of carbonyl (C=O) groups excluding carboxylic acids is 1. The van der Waals surface area contributed by atoms with Crippen LogP contribution in [0, 0.1) is 6.92 Å². The predicted octanol–water partition coefficient (Wildman–Crippen LogP) is 1.61. The van der Waals surface area contributed by atoms with Gasteiger partial charge in [-0.2, -0.15) is 0 Å². The quantitative estimate of drug-likeness (QED) is 0.527. The summed E-state index contributed by atoms with van der Waals surface area (Å²) in [5.74, 6) is -0.295. The predicted molar refractivity (Wildman–Crippen MR) is 50.8 cm³/mol. The molecule has 1 saturated heterocycles. The van der Waals surface area contributed by atoms with E-state index in [1.54, 1.807) is 0 Å². The van der Waals surface area contributed by atoms with Crippen LogP contribution >= 0.6 is 0 Å². The smallest absolute Gasteiger partial charge is 0.338 e. The normalized spacial score (nSPS) is 24.4. The van der Waals surface area contributed by atoms with E-state index in [1.165, 1.54) is 12.7 Å². The lowest BCUT2D eigenvalue weighted by Gasteiger charge is -1.97. The maximum absolute atomic E-state index is 11.1. The molecule has 0 amide bonds. The van der Waals surface area contributed by atoms with E-state index in [0.29, 0.717) is 0 Å². The number of ether oxygens (including phenoxy) is 2. The van der Waals surface area contributed by atoms with E-state index in [1.807, 2.05) is 31.2 Å². The minimum atomic E-state index is -0.401. The number of epoxide rings is 1. The Bertz CT molecular complexity index is 359. The van der Waals surface area contributed by atoms with Crippen molar-refractivity contribution >= 4 is 5.97 Å². The van der Waals surface area contributed by atoms with E-state index < -0.39 is 6.10 Å². The van der Waals surface area contributed by atoms with Crippen LogP contribution in [0.5, 0.6) is 0 Å². The van der Waals surface area contributed by atoms with Crippen molar-refractivity contribution in [2.45, 2.75) is 19.1 Å². The molecule has 1 aliphatic heterocycles. The number of rotatable bonds is 2. The highest BCUT2D eigenvalue weighted by Gasteiger charge is 2.47. The molecule has 14 heavy (non-hydrogen) atoms. The Morgan fingerprint density at radius 2 is 2.29 bits per heavy atom. The molecule has 74 valence electrons. The lowest BCUT2D eigenvalue weighted by molar-refractivity contribution is -0.142. The molecule has 0 spiro atoms. The second-order valence-corrected chi connectivity index (χ2v) is 3.41. The Kier molecular flexibility index (Phi) is 2.25. The zero-order valence-electron chi connectivity index (χ0n) is 8.19. The minimum absolute atomic E-state index is 0.109. The van der Waals surface area contributed by atoms with Gasteiger partial charge >= 0.3 is 5.97 Å². The number of benzene rings is 1. The van der Waals surface area contributed by atoms with Gasteiger partial charge in [-0.05, 0) is 12.5 Å². The molecule has 1 aromatic carbocycles. The summed E-state index contributed by atoms with van der Waals surface area (Å²) in [5.41, 5.74) is 2.21. The van der Waals surface area contributed by atoms with E-state index in [0.717, 1.165) is 5.56 Å². The van der Waals surface area contributed by atoms with Crippen LogP contribution in [0.3, 0.4) is 0 Å². The Hall–Kier alpha value is -1.35. The van der Waals surface area contributed by atoms with Crippen LogP contribution < -0.4 is 0 Å². The van der Waals surface area contributed by atoms with Gasteiger partial charge in [0.1, 0.15) is 6.10 Å². The lowest BCUT2D eigenvalue weighted by Crippen LogP contribution is -2.09. The van der Waals surface area contributed by atoms with Crippen molar-refractivity contribution in [3.05, 3.63) is 35.4 Å². The van der Waals surface area contributed by atoms with Crippen molar-refractivity contribution in [2.24, 2.45) is 0 Å². The van der Waals surface area contributed by atoms with Crippen molar-refractivity contribution < 1.29 is 14.3 Å². The summed E-state index contributed by atoms with van der Waals surface area (Å²) < 4.78 is 9.83. The molecular formula is C11H12O3. The number of aryl methyl sites for hydroxylation is 1. The Labute approximate surface area is 82.6 Å². The van der Waals surface area contributed by atoms with Gasteiger partial charge in [-0.3, -0.25) is 0 Å². The largest absolute Gasteiger partial charge is 0.467 e. The summed E-state index contributed by atoms with van der Waals surface area (Å²) in [4.78, 5) is 11.1. The second kappa shape index (κ2) is 3.42. The van der Waals surface area contributed by atoms with Crippen molar-refractivity contribution in [1.29, 1.82) is 0 Å². The molecule has 2 atom stereocenters. The number of esters is 1. The molecule has 1 aromatic rings. The van der Waals surface area contributed by atoms with E-state index in [9.17, 15) is 4.79 Å². The fourth-order valence-corrected chi connectivity index (χ4v) is 1.51. The maximum Gasteiger partial charge on any atom is 0.338 e. The SMILES string of the molecule is COC(=O)[C@@H]1O[C@H]1c1cccc(C)c1. The molecule has 0 radical (unpaired) electrons. The highest BCUT2D eigenvalue weighted by molar-refractivity contribution is 5.78. The minimum Gasteiger partial charge on any atom is -0.467 e. The molecule has 0 N–H and O–H groups in total. The summed E-state index contributed by atoms with van der Waals surface area (Å²) >= 11 is 0. The summed E-state index contributed by atoms with van der Waals surface area (Å²) in [5, 5.41) is 0. The first-order valence-electron chi connectivity index (χ1n) is 4.52. The second-order valence-electron chi connectivity index (χ2n) is 3.41. The molecule has 0 aliphatic carbocycles. The van der Waals surface area contributed by atoms with Gasteiger partial charge in [-0.15, -0.1) is 0 Å². The highest BCUT2D eigenvalue weighted by atomic mass is 16.6. The zero-order valence-corrected chi connectivity index (χ0v) is 8.19. The van der Waals surface area contributed by atoms with Gasteiger partial charge in [0.05, 0.1) is 7.11 Å². The van der Waals surface area contributed by atoms with Crippen molar-refractivity contribution in [3.8, 4) is 0 Å². The molecule has 0 unspecified atom stereocenters. The number of methoxy groups -OCH3 is 1. The van der Waals surface area contributed by atoms with Gasteiger partial charge in [0.2, 0.25) is 0 Å². The third-order valence-corrected chi connectivity index (χ3v) is 2.30. The molecule has 0 bridgehead atoms. The first-order valence-corrected chi connectivity index (χ1v) is 4.52. The van der Waals surface area contributed by atoms with E-state index in [2.05, 4.69) is 4.74 Å². The van der Waals surface area contributed by atoms with Crippen LogP contribution in [0.4, 0.5) is 0 Å².